The van der Waals surface area contributed by atoms with Crippen LogP contribution in [0.2, 0.25) is 0 Å². The van der Waals surface area contributed by atoms with E-state index in [0.29, 0.717) is 0 Å². The summed E-state index contributed by atoms with van der Waals surface area (Å²) in [5.41, 5.74) is 0. The fraction of sp³-hybridized carbons (Fsp3) is 0.857. The molecule has 14 heavy (non-hydrogen) atoms. The zero-order chi connectivity index (χ0) is 11.3. The van der Waals surface area contributed by atoms with Crippen molar-refractivity contribution in [1.82, 2.24) is 0 Å². The number of carbonyl (C=O) groups excluding carboxylic acids is 1. The average molecular weight is 228 g/mol. The van der Waals surface area contributed by atoms with Crippen LogP contribution in [-0.4, -0.2) is 52.2 Å². The molecule has 0 aromatic rings. The monoisotopic (exact) mass is 228 g/mol. The van der Waals surface area contributed by atoms with Crippen LogP contribution in [0.3, 0.4) is 0 Å². The van der Waals surface area contributed by atoms with E-state index in [1.807, 2.05) is 0 Å². The molecule has 3 N–H and O–H groups in total. The fourth-order valence-corrected chi connectivity index (χ4v) is 0.981. The molecule has 0 rings (SSSR count). The van der Waals surface area contributed by atoms with E-state index in [2.05, 4.69) is 4.52 Å². The molecular formula is C7H14FO5P. The van der Waals surface area contributed by atoms with Crippen molar-refractivity contribution in [3.8, 4) is 0 Å². The van der Waals surface area contributed by atoms with Crippen molar-refractivity contribution in [3.63, 3.8) is 0 Å². The van der Waals surface area contributed by atoms with Crippen LogP contribution in [0.1, 0.15) is 6.92 Å². The molecule has 0 bridgehead atoms. The minimum absolute atomic E-state index is 0.434. The number of aliphatic hydroxyl groups excluding tert-OH is 3. The number of rotatable bonds is 6. The lowest BCUT2D eigenvalue weighted by Gasteiger charge is -2.22. The zero-order valence-corrected chi connectivity index (χ0v) is 8.78. The molecule has 0 saturated heterocycles. The lowest BCUT2D eigenvalue weighted by molar-refractivity contribution is -0.142. The first kappa shape index (κ1) is 13.9. The number of carbonyl (C=O) groups is 1. The van der Waals surface area contributed by atoms with E-state index in [1.165, 1.54) is 0 Å². The van der Waals surface area contributed by atoms with Crippen LogP contribution >= 0.6 is 9.47 Å². The van der Waals surface area contributed by atoms with E-state index < -0.39 is 36.9 Å². The average Bonchev–Trinajstić information content (AvgIpc) is 2.14. The lowest BCUT2D eigenvalue weighted by atomic mass is 10.0. The standard InChI is InChI=1S/C7H14FO5P/c1-3(8)5(10)7(12)6(11)4(9)2-13-14/h3,5-7,10-12H,2,14H2,1H3. The summed E-state index contributed by atoms with van der Waals surface area (Å²) in [4.78, 5) is 10.9. The highest BCUT2D eigenvalue weighted by Crippen LogP contribution is 2.08. The number of halogens is 1. The number of aliphatic hydroxyl groups is 3. The molecule has 0 aliphatic rings. The first-order valence-electron chi connectivity index (χ1n) is 3.94. The molecule has 7 heteroatoms. The molecule has 0 aromatic carbocycles. The van der Waals surface area contributed by atoms with Crippen LogP contribution < -0.4 is 0 Å². The van der Waals surface area contributed by atoms with Crippen LogP contribution in [0.15, 0.2) is 0 Å². The lowest BCUT2D eigenvalue weighted by Crippen LogP contribution is -2.46. The molecule has 0 spiro atoms. The third kappa shape index (κ3) is 3.94. The Morgan fingerprint density at radius 2 is 1.93 bits per heavy atom. The fourth-order valence-electron chi connectivity index (χ4n) is 0.816. The van der Waals surface area contributed by atoms with Gasteiger partial charge in [-0.1, -0.05) is 0 Å². The Balaban J connectivity index is 4.23. The second-order valence-corrected chi connectivity index (χ2v) is 3.21. The van der Waals surface area contributed by atoms with E-state index >= 15 is 0 Å². The quantitative estimate of drug-likeness (QED) is 0.497. The third-order valence-electron chi connectivity index (χ3n) is 1.70. The SMILES string of the molecule is CC(F)C(O)C(O)C(O)C(=O)COP. The summed E-state index contributed by atoms with van der Waals surface area (Å²) < 4.78 is 16.8. The maximum atomic E-state index is 12.5. The first-order chi connectivity index (χ1) is 6.41. The molecule has 0 heterocycles. The number of alkyl halides is 1. The van der Waals surface area contributed by atoms with E-state index in [-0.39, 0.29) is 0 Å². The second-order valence-electron chi connectivity index (χ2n) is 2.88. The summed E-state index contributed by atoms with van der Waals surface area (Å²) >= 11 is 0. The molecule has 0 aliphatic carbocycles. The van der Waals surface area contributed by atoms with E-state index in [9.17, 15) is 9.18 Å². The Labute approximate surface area is 83.2 Å². The van der Waals surface area contributed by atoms with Gasteiger partial charge in [-0.3, -0.25) is 4.79 Å². The predicted molar refractivity (Wildman–Crippen MR) is 49.3 cm³/mol. The Bertz CT molecular complexity index is 189. The summed E-state index contributed by atoms with van der Waals surface area (Å²) in [6.07, 6.45) is -7.21. The molecule has 5 unspecified atom stereocenters. The van der Waals surface area contributed by atoms with Crippen LogP contribution in [0.5, 0.6) is 0 Å². The second kappa shape index (κ2) is 6.37. The number of hydrogen-bond acceptors (Lipinski definition) is 5. The molecule has 0 aliphatic heterocycles. The Hall–Kier alpha value is -0.130. The Morgan fingerprint density at radius 1 is 1.43 bits per heavy atom. The topological polar surface area (TPSA) is 87.0 Å². The van der Waals surface area contributed by atoms with Crippen molar-refractivity contribution in [2.75, 3.05) is 6.61 Å². The summed E-state index contributed by atoms with van der Waals surface area (Å²) in [7, 11) is 1.79. The van der Waals surface area contributed by atoms with Crippen molar-refractivity contribution in [2.24, 2.45) is 0 Å². The van der Waals surface area contributed by atoms with Gasteiger partial charge in [-0.25, -0.2) is 4.39 Å². The Kier molecular flexibility index (Phi) is 6.31. The van der Waals surface area contributed by atoms with Gasteiger partial charge >= 0.3 is 0 Å². The molecule has 0 radical (unpaired) electrons. The smallest absolute Gasteiger partial charge is 0.189 e. The van der Waals surface area contributed by atoms with Gasteiger partial charge < -0.3 is 19.8 Å². The van der Waals surface area contributed by atoms with Gasteiger partial charge in [-0.15, -0.1) is 0 Å². The van der Waals surface area contributed by atoms with Gasteiger partial charge in [0.25, 0.3) is 0 Å². The highest BCUT2D eigenvalue weighted by molar-refractivity contribution is 7.09. The van der Waals surface area contributed by atoms with Crippen molar-refractivity contribution >= 4 is 15.2 Å². The highest BCUT2D eigenvalue weighted by Gasteiger charge is 2.32. The van der Waals surface area contributed by atoms with Gasteiger partial charge in [-0.2, -0.15) is 0 Å². The molecular weight excluding hydrogens is 214 g/mol. The van der Waals surface area contributed by atoms with Gasteiger partial charge in [0.1, 0.15) is 31.1 Å². The maximum absolute atomic E-state index is 12.5. The highest BCUT2D eigenvalue weighted by atomic mass is 31.0. The van der Waals surface area contributed by atoms with Crippen molar-refractivity contribution in [1.29, 1.82) is 0 Å². The maximum Gasteiger partial charge on any atom is 0.189 e. The number of Topliss-reactive ketones (excluding diaryl/α,β-unsaturated/α-hetero) is 1. The van der Waals surface area contributed by atoms with Crippen LogP contribution in [0.25, 0.3) is 0 Å². The minimum Gasteiger partial charge on any atom is -0.387 e. The van der Waals surface area contributed by atoms with Crippen molar-refractivity contribution < 1.29 is 29.0 Å². The molecule has 5 nitrogen and oxygen atoms in total. The van der Waals surface area contributed by atoms with Crippen molar-refractivity contribution in [2.45, 2.75) is 31.4 Å². The number of ketones is 1. The molecule has 5 atom stereocenters. The molecule has 0 amide bonds. The van der Waals surface area contributed by atoms with Crippen LogP contribution in [0, 0.1) is 0 Å². The molecule has 84 valence electrons. The first-order valence-corrected chi connectivity index (χ1v) is 4.41. The van der Waals surface area contributed by atoms with Crippen LogP contribution in [-0.2, 0) is 9.32 Å². The minimum atomic E-state index is -1.84. The van der Waals surface area contributed by atoms with E-state index in [4.69, 9.17) is 15.3 Å². The summed E-state index contributed by atoms with van der Waals surface area (Å²) in [6.45, 7) is 0.577. The molecule has 0 saturated carbocycles. The van der Waals surface area contributed by atoms with Gasteiger partial charge in [0, 0.05) is 9.47 Å². The largest absolute Gasteiger partial charge is 0.387 e. The van der Waals surface area contributed by atoms with Gasteiger partial charge in [-0.05, 0) is 6.92 Å². The van der Waals surface area contributed by atoms with Gasteiger partial charge in [0.05, 0.1) is 0 Å². The van der Waals surface area contributed by atoms with Gasteiger partial charge in [0.2, 0.25) is 0 Å². The Morgan fingerprint density at radius 3 is 2.29 bits per heavy atom. The summed E-state index contributed by atoms with van der Waals surface area (Å²) in [6, 6.07) is 0. The van der Waals surface area contributed by atoms with E-state index in [1.54, 1.807) is 9.47 Å². The van der Waals surface area contributed by atoms with Crippen LogP contribution in [0.4, 0.5) is 4.39 Å². The predicted octanol–water partition coefficient (Wildman–Crippen LogP) is -1.20. The molecule has 0 aromatic heterocycles. The zero-order valence-electron chi connectivity index (χ0n) is 7.63. The summed E-state index contributed by atoms with van der Waals surface area (Å²) in [5, 5.41) is 27.3. The van der Waals surface area contributed by atoms with Gasteiger partial charge in [0.15, 0.2) is 5.78 Å². The molecule has 0 fully saturated rings. The summed E-state index contributed by atoms with van der Waals surface area (Å²) in [5.74, 6) is -0.827. The van der Waals surface area contributed by atoms with Crippen molar-refractivity contribution in [3.05, 3.63) is 0 Å². The number of hydrogen-bond donors (Lipinski definition) is 3. The third-order valence-corrected chi connectivity index (χ3v) is 1.87. The van der Waals surface area contributed by atoms with E-state index in [0.717, 1.165) is 6.92 Å². The normalized spacial score (nSPS) is 19.9.